The van der Waals surface area contributed by atoms with Crippen LogP contribution in [0, 0.1) is 0 Å². The molecule has 0 radical (unpaired) electrons. The fraction of sp³-hybridized carbons (Fsp3) is 0.333. The van der Waals surface area contributed by atoms with Gasteiger partial charge in [-0.1, -0.05) is 6.07 Å². The first kappa shape index (κ1) is 15.5. The van der Waals surface area contributed by atoms with Gasteiger partial charge in [-0.3, -0.25) is 9.78 Å². The fourth-order valence-corrected chi connectivity index (χ4v) is 2.57. The zero-order valence-corrected chi connectivity index (χ0v) is 13.4. The van der Waals surface area contributed by atoms with Gasteiger partial charge in [-0.25, -0.2) is 0 Å². The van der Waals surface area contributed by atoms with Crippen molar-refractivity contribution in [2.75, 3.05) is 6.79 Å². The number of fused-ring (bicyclic) bond motifs is 1. The standard InChI is InChI=1S/C18H20N2O3/c1-13(2)20(10-14-4-3-7-19-9-14)18(21)15-5-6-17-16(8-15)11-22-12-23-17/h3-9,13H,10-12H2,1-2H3. The van der Waals surface area contributed by atoms with Gasteiger partial charge in [0.1, 0.15) is 5.75 Å². The van der Waals surface area contributed by atoms with E-state index in [4.69, 9.17) is 9.47 Å². The van der Waals surface area contributed by atoms with Gasteiger partial charge < -0.3 is 14.4 Å². The number of ether oxygens (including phenoxy) is 2. The quantitative estimate of drug-likeness (QED) is 0.871. The minimum absolute atomic E-state index is 0.00257. The van der Waals surface area contributed by atoms with Crippen molar-refractivity contribution in [2.24, 2.45) is 0 Å². The van der Waals surface area contributed by atoms with Crippen LogP contribution in [0.2, 0.25) is 0 Å². The summed E-state index contributed by atoms with van der Waals surface area (Å²) >= 11 is 0. The van der Waals surface area contributed by atoms with E-state index in [0.29, 0.717) is 18.7 Å². The second-order valence-electron chi connectivity index (χ2n) is 5.82. The van der Waals surface area contributed by atoms with Gasteiger partial charge in [0.25, 0.3) is 5.91 Å². The third-order valence-electron chi connectivity index (χ3n) is 3.82. The number of benzene rings is 1. The molecule has 0 saturated heterocycles. The van der Waals surface area contributed by atoms with E-state index < -0.39 is 0 Å². The summed E-state index contributed by atoms with van der Waals surface area (Å²) in [6, 6.07) is 9.45. The van der Waals surface area contributed by atoms with Gasteiger partial charge in [0, 0.05) is 36.1 Å². The van der Waals surface area contributed by atoms with E-state index in [1.807, 2.05) is 49.1 Å². The smallest absolute Gasteiger partial charge is 0.254 e. The van der Waals surface area contributed by atoms with E-state index in [0.717, 1.165) is 16.9 Å². The van der Waals surface area contributed by atoms with Crippen LogP contribution in [0.25, 0.3) is 0 Å². The Balaban J connectivity index is 1.83. The Labute approximate surface area is 135 Å². The Morgan fingerprint density at radius 1 is 1.35 bits per heavy atom. The third kappa shape index (κ3) is 3.51. The summed E-state index contributed by atoms with van der Waals surface area (Å²) in [5.74, 6) is 0.786. The molecule has 0 fully saturated rings. The lowest BCUT2D eigenvalue weighted by Crippen LogP contribution is -2.36. The lowest BCUT2D eigenvalue weighted by Gasteiger charge is -2.27. The number of nitrogens with zero attached hydrogens (tertiary/aromatic N) is 2. The van der Waals surface area contributed by atoms with Gasteiger partial charge in [-0.05, 0) is 43.7 Å². The number of hydrogen-bond donors (Lipinski definition) is 0. The molecule has 1 aromatic carbocycles. The van der Waals surface area contributed by atoms with Crippen LogP contribution in [-0.2, 0) is 17.9 Å². The molecule has 0 aliphatic carbocycles. The Morgan fingerprint density at radius 2 is 2.22 bits per heavy atom. The second kappa shape index (κ2) is 6.79. The molecule has 2 aromatic rings. The van der Waals surface area contributed by atoms with E-state index in [1.165, 1.54) is 0 Å². The summed E-state index contributed by atoms with van der Waals surface area (Å²) in [5.41, 5.74) is 2.57. The molecule has 0 bridgehead atoms. The van der Waals surface area contributed by atoms with Crippen molar-refractivity contribution in [3.8, 4) is 5.75 Å². The number of rotatable bonds is 4. The molecular weight excluding hydrogens is 292 g/mol. The Bertz CT molecular complexity index is 686. The first-order valence-corrected chi connectivity index (χ1v) is 7.68. The molecule has 5 nitrogen and oxygen atoms in total. The number of hydrogen-bond acceptors (Lipinski definition) is 4. The van der Waals surface area contributed by atoms with Crippen molar-refractivity contribution in [2.45, 2.75) is 33.0 Å². The Kier molecular flexibility index (Phi) is 4.57. The number of carbonyl (C=O) groups excluding carboxylic acids is 1. The zero-order chi connectivity index (χ0) is 16.2. The molecule has 120 valence electrons. The molecule has 0 unspecified atom stereocenters. The summed E-state index contributed by atoms with van der Waals surface area (Å²) < 4.78 is 10.7. The summed E-state index contributed by atoms with van der Waals surface area (Å²) in [5, 5.41) is 0. The monoisotopic (exact) mass is 312 g/mol. The molecule has 5 heteroatoms. The molecule has 2 heterocycles. The number of carbonyl (C=O) groups is 1. The van der Waals surface area contributed by atoms with Gasteiger partial charge >= 0.3 is 0 Å². The first-order valence-electron chi connectivity index (χ1n) is 7.68. The van der Waals surface area contributed by atoms with Gasteiger partial charge in [0.15, 0.2) is 6.79 Å². The molecule has 0 spiro atoms. The fourth-order valence-electron chi connectivity index (χ4n) is 2.57. The van der Waals surface area contributed by atoms with E-state index in [2.05, 4.69) is 4.98 Å². The summed E-state index contributed by atoms with van der Waals surface area (Å²) in [7, 11) is 0. The lowest BCUT2D eigenvalue weighted by atomic mass is 10.1. The zero-order valence-electron chi connectivity index (χ0n) is 13.4. The number of pyridine rings is 1. The van der Waals surface area contributed by atoms with E-state index in [1.54, 1.807) is 12.4 Å². The van der Waals surface area contributed by atoms with Crippen LogP contribution in [-0.4, -0.2) is 28.6 Å². The third-order valence-corrected chi connectivity index (χ3v) is 3.82. The topological polar surface area (TPSA) is 51.7 Å². The summed E-state index contributed by atoms with van der Waals surface area (Å²) in [6.07, 6.45) is 3.52. The molecule has 0 saturated carbocycles. The minimum Gasteiger partial charge on any atom is -0.467 e. The normalized spacial score (nSPS) is 13.3. The molecule has 23 heavy (non-hydrogen) atoms. The van der Waals surface area contributed by atoms with Crippen LogP contribution >= 0.6 is 0 Å². The molecule has 0 atom stereocenters. The highest BCUT2D eigenvalue weighted by molar-refractivity contribution is 5.94. The van der Waals surface area contributed by atoms with Crippen LogP contribution in [0.3, 0.4) is 0 Å². The second-order valence-corrected chi connectivity index (χ2v) is 5.82. The van der Waals surface area contributed by atoms with Crippen molar-refractivity contribution < 1.29 is 14.3 Å². The summed E-state index contributed by atoms with van der Waals surface area (Å²) in [6.45, 7) is 5.30. The molecule has 3 rings (SSSR count). The van der Waals surface area contributed by atoms with Crippen molar-refractivity contribution in [3.63, 3.8) is 0 Å². The average molecular weight is 312 g/mol. The molecule has 1 aromatic heterocycles. The first-order chi connectivity index (χ1) is 11.1. The minimum atomic E-state index is -0.00257. The van der Waals surface area contributed by atoms with Crippen LogP contribution in [0.4, 0.5) is 0 Å². The highest BCUT2D eigenvalue weighted by atomic mass is 16.7. The molecular formula is C18H20N2O3. The van der Waals surface area contributed by atoms with Crippen molar-refractivity contribution in [1.29, 1.82) is 0 Å². The Morgan fingerprint density at radius 3 is 2.96 bits per heavy atom. The van der Waals surface area contributed by atoms with Gasteiger partial charge in [-0.15, -0.1) is 0 Å². The molecule has 0 N–H and O–H groups in total. The maximum absolute atomic E-state index is 12.9. The highest BCUT2D eigenvalue weighted by Crippen LogP contribution is 2.25. The molecule has 1 amide bonds. The van der Waals surface area contributed by atoms with Gasteiger partial charge in [0.05, 0.1) is 6.61 Å². The van der Waals surface area contributed by atoms with Crippen LogP contribution < -0.4 is 4.74 Å². The molecule has 1 aliphatic heterocycles. The average Bonchev–Trinajstić information content (AvgIpc) is 2.59. The number of aromatic nitrogens is 1. The highest BCUT2D eigenvalue weighted by Gasteiger charge is 2.21. The maximum Gasteiger partial charge on any atom is 0.254 e. The van der Waals surface area contributed by atoms with Crippen LogP contribution in [0.1, 0.15) is 35.3 Å². The molecule has 1 aliphatic rings. The lowest BCUT2D eigenvalue weighted by molar-refractivity contribution is -0.0164. The van der Waals surface area contributed by atoms with E-state index in [-0.39, 0.29) is 18.7 Å². The maximum atomic E-state index is 12.9. The van der Waals surface area contributed by atoms with Crippen LogP contribution in [0.5, 0.6) is 5.75 Å². The van der Waals surface area contributed by atoms with E-state index >= 15 is 0 Å². The van der Waals surface area contributed by atoms with Gasteiger partial charge in [0.2, 0.25) is 0 Å². The van der Waals surface area contributed by atoms with Crippen LogP contribution in [0.15, 0.2) is 42.7 Å². The predicted octanol–water partition coefficient (Wildman–Crippen LogP) is 3.00. The van der Waals surface area contributed by atoms with Crippen molar-refractivity contribution >= 4 is 5.91 Å². The summed E-state index contributed by atoms with van der Waals surface area (Å²) in [4.78, 5) is 18.9. The predicted molar refractivity (Wildman–Crippen MR) is 86.0 cm³/mol. The van der Waals surface area contributed by atoms with Crippen molar-refractivity contribution in [3.05, 3.63) is 59.4 Å². The SMILES string of the molecule is CC(C)N(Cc1cccnc1)C(=O)c1ccc2c(c1)COCO2. The largest absolute Gasteiger partial charge is 0.467 e. The Hall–Kier alpha value is -2.40. The van der Waals surface area contributed by atoms with Crippen molar-refractivity contribution in [1.82, 2.24) is 9.88 Å². The number of amides is 1. The van der Waals surface area contributed by atoms with E-state index in [9.17, 15) is 4.79 Å². The van der Waals surface area contributed by atoms with Gasteiger partial charge in [-0.2, -0.15) is 0 Å².